The highest BCUT2D eigenvalue weighted by Gasteiger charge is 2.12. The lowest BCUT2D eigenvalue weighted by atomic mass is 10.2. The van der Waals surface area contributed by atoms with Crippen molar-refractivity contribution in [2.75, 3.05) is 7.05 Å². The summed E-state index contributed by atoms with van der Waals surface area (Å²) in [6.07, 6.45) is 0. The van der Waals surface area contributed by atoms with Crippen molar-refractivity contribution in [1.82, 2.24) is 4.90 Å². The summed E-state index contributed by atoms with van der Waals surface area (Å²) in [5.41, 5.74) is 6.61. The average Bonchev–Trinajstić information content (AvgIpc) is 2.20. The van der Waals surface area contributed by atoms with Crippen molar-refractivity contribution >= 4 is 21.8 Å². The second kappa shape index (κ2) is 5.28. The first kappa shape index (κ1) is 12.2. The van der Waals surface area contributed by atoms with Crippen LogP contribution in [0, 0.1) is 0 Å². The molecule has 0 unspecified atom stereocenters. The van der Waals surface area contributed by atoms with Crippen LogP contribution >= 0.6 is 15.9 Å². The Morgan fingerprint density at radius 3 is 2.47 bits per heavy atom. The molecule has 1 aromatic rings. The van der Waals surface area contributed by atoms with Crippen LogP contribution in [0.4, 0.5) is 0 Å². The monoisotopic (exact) mass is 270 g/mol. The van der Waals surface area contributed by atoms with Gasteiger partial charge in [-0.05, 0) is 24.6 Å². The zero-order valence-corrected chi connectivity index (χ0v) is 10.5. The number of nitrogens with zero attached hydrogens (tertiary/aromatic N) is 1. The van der Waals surface area contributed by atoms with E-state index >= 15 is 0 Å². The summed E-state index contributed by atoms with van der Waals surface area (Å²) in [6.45, 7) is 2.29. The molecule has 2 N–H and O–H groups in total. The SMILES string of the molecule is C[C@@H](N)C(=O)N(C)Cc1ccc(Br)cc1. The Labute approximate surface area is 98.4 Å². The van der Waals surface area contributed by atoms with Crippen molar-refractivity contribution in [2.24, 2.45) is 5.73 Å². The summed E-state index contributed by atoms with van der Waals surface area (Å²) in [4.78, 5) is 13.1. The Balaban J connectivity index is 2.62. The van der Waals surface area contributed by atoms with Gasteiger partial charge in [-0.3, -0.25) is 4.79 Å². The van der Waals surface area contributed by atoms with Gasteiger partial charge in [0.15, 0.2) is 0 Å². The number of carbonyl (C=O) groups is 1. The first-order valence-corrected chi connectivity index (χ1v) is 5.55. The quantitative estimate of drug-likeness (QED) is 0.910. The minimum Gasteiger partial charge on any atom is -0.340 e. The second-order valence-electron chi connectivity index (χ2n) is 3.61. The fourth-order valence-electron chi connectivity index (χ4n) is 1.29. The highest BCUT2D eigenvalue weighted by molar-refractivity contribution is 9.10. The van der Waals surface area contributed by atoms with Crippen molar-refractivity contribution in [3.63, 3.8) is 0 Å². The second-order valence-corrected chi connectivity index (χ2v) is 4.53. The third kappa shape index (κ3) is 3.64. The van der Waals surface area contributed by atoms with Crippen LogP contribution in [-0.4, -0.2) is 23.9 Å². The lowest BCUT2D eigenvalue weighted by Crippen LogP contribution is -2.39. The van der Waals surface area contributed by atoms with E-state index in [4.69, 9.17) is 5.73 Å². The van der Waals surface area contributed by atoms with Gasteiger partial charge in [0.2, 0.25) is 5.91 Å². The Bertz CT molecular complexity index is 335. The summed E-state index contributed by atoms with van der Waals surface area (Å²) in [6, 6.07) is 7.44. The number of benzene rings is 1. The summed E-state index contributed by atoms with van der Waals surface area (Å²) < 4.78 is 1.03. The number of hydrogen-bond donors (Lipinski definition) is 1. The maximum atomic E-state index is 11.5. The summed E-state index contributed by atoms with van der Waals surface area (Å²) in [5.74, 6) is -0.0436. The lowest BCUT2D eigenvalue weighted by molar-refractivity contribution is -0.131. The molecule has 4 heteroatoms. The predicted octanol–water partition coefficient (Wildman–Crippen LogP) is 1.75. The van der Waals surface area contributed by atoms with Crippen molar-refractivity contribution in [2.45, 2.75) is 19.5 Å². The summed E-state index contributed by atoms with van der Waals surface area (Å²) in [7, 11) is 1.76. The molecule has 0 fully saturated rings. The molecule has 82 valence electrons. The Morgan fingerprint density at radius 2 is 2.00 bits per heavy atom. The molecule has 0 radical (unpaired) electrons. The molecule has 0 spiro atoms. The predicted molar refractivity (Wildman–Crippen MR) is 64.3 cm³/mol. The molecular weight excluding hydrogens is 256 g/mol. The maximum absolute atomic E-state index is 11.5. The van der Waals surface area contributed by atoms with Crippen LogP contribution in [0.3, 0.4) is 0 Å². The van der Waals surface area contributed by atoms with Crippen LogP contribution in [0.25, 0.3) is 0 Å². The molecule has 0 aromatic heterocycles. The lowest BCUT2D eigenvalue weighted by Gasteiger charge is -2.19. The number of likely N-dealkylation sites (N-methyl/N-ethyl adjacent to an activating group) is 1. The van der Waals surface area contributed by atoms with Crippen molar-refractivity contribution in [1.29, 1.82) is 0 Å². The molecule has 1 rings (SSSR count). The van der Waals surface area contributed by atoms with E-state index in [-0.39, 0.29) is 5.91 Å². The fraction of sp³-hybridized carbons (Fsp3) is 0.364. The number of rotatable bonds is 3. The molecule has 1 amide bonds. The topological polar surface area (TPSA) is 46.3 Å². The van der Waals surface area contributed by atoms with E-state index in [0.717, 1.165) is 10.0 Å². The minimum absolute atomic E-state index is 0.0436. The zero-order chi connectivity index (χ0) is 11.4. The van der Waals surface area contributed by atoms with Gasteiger partial charge < -0.3 is 10.6 Å². The fourth-order valence-corrected chi connectivity index (χ4v) is 1.55. The first-order chi connectivity index (χ1) is 7.00. The smallest absolute Gasteiger partial charge is 0.239 e. The van der Waals surface area contributed by atoms with E-state index in [2.05, 4.69) is 15.9 Å². The minimum atomic E-state index is -0.439. The number of halogens is 1. The van der Waals surface area contributed by atoms with Gasteiger partial charge in [0.05, 0.1) is 6.04 Å². The average molecular weight is 271 g/mol. The van der Waals surface area contributed by atoms with Crippen LogP contribution < -0.4 is 5.73 Å². The number of carbonyl (C=O) groups excluding carboxylic acids is 1. The van der Waals surface area contributed by atoms with Gasteiger partial charge in [0, 0.05) is 18.1 Å². The Hall–Kier alpha value is -0.870. The standard InChI is InChI=1S/C11H15BrN2O/c1-8(13)11(15)14(2)7-9-3-5-10(12)6-4-9/h3-6,8H,7,13H2,1-2H3/t8-/m1/s1. The third-order valence-corrected chi connectivity index (χ3v) is 2.63. The van der Waals surface area contributed by atoms with E-state index in [1.165, 1.54) is 0 Å². The summed E-state index contributed by atoms with van der Waals surface area (Å²) in [5, 5.41) is 0. The van der Waals surface area contributed by atoms with Crippen LogP contribution in [0.5, 0.6) is 0 Å². The normalized spacial score (nSPS) is 12.3. The maximum Gasteiger partial charge on any atom is 0.239 e. The van der Waals surface area contributed by atoms with Crippen LogP contribution in [0.15, 0.2) is 28.7 Å². The number of nitrogens with two attached hydrogens (primary N) is 1. The zero-order valence-electron chi connectivity index (χ0n) is 8.90. The van der Waals surface area contributed by atoms with Gasteiger partial charge in [-0.15, -0.1) is 0 Å². The molecule has 15 heavy (non-hydrogen) atoms. The number of amides is 1. The molecule has 0 saturated carbocycles. The van der Waals surface area contributed by atoms with Crippen LogP contribution in [0.2, 0.25) is 0 Å². The molecule has 3 nitrogen and oxygen atoms in total. The van der Waals surface area contributed by atoms with Gasteiger partial charge in [-0.25, -0.2) is 0 Å². The number of hydrogen-bond acceptors (Lipinski definition) is 2. The third-order valence-electron chi connectivity index (χ3n) is 2.10. The first-order valence-electron chi connectivity index (χ1n) is 4.75. The van der Waals surface area contributed by atoms with Gasteiger partial charge >= 0.3 is 0 Å². The van der Waals surface area contributed by atoms with Crippen molar-refractivity contribution in [3.05, 3.63) is 34.3 Å². The van der Waals surface area contributed by atoms with Crippen molar-refractivity contribution < 1.29 is 4.79 Å². The molecular formula is C11H15BrN2O. The van der Waals surface area contributed by atoms with Crippen molar-refractivity contribution in [3.8, 4) is 0 Å². The molecule has 1 atom stereocenters. The highest BCUT2D eigenvalue weighted by Crippen LogP contribution is 2.11. The molecule has 0 heterocycles. The molecule has 0 aliphatic carbocycles. The van der Waals surface area contributed by atoms with Crippen LogP contribution in [0.1, 0.15) is 12.5 Å². The van der Waals surface area contributed by atoms with Gasteiger partial charge in [0.1, 0.15) is 0 Å². The largest absolute Gasteiger partial charge is 0.340 e. The van der Waals surface area contributed by atoms with E-state index in [9.17, 15) is 4.79 Å². The van der Waals surface area contributed by atoms with E-state index in [1.54, 1.807) is 18.9 Å². The molecule has 1 aromatic carbocycles. The van der Waals surface area contributed by atoms with E-state index < -0.39 is 6.04 Å². The van der Waals surface area contributed by atoms with Gasteiger partial charge in [-0.2, -0.15) is 0 Å². The molecule has 0 aliphatic heterocycles. The molecule has 0 saturated heterocycles. The molecule has 0 aliphatic rings. The molecule has 0 bridgehead atoms. The highest BCUT2D eigenvalue weighted by atomic mass is 79.9. The van der Waals surface area contributed by atoms with Crippen LogP contribution in [-0.2, 0) is 11.3 Å². The van der Waals surface area contributed by atoms with Gasteiger partial charge in [0.25, 0.3) is 0 Å². The van der Waals surface area contributed by atoms with E-state index in [1.807, 2.05) is 24.3 Å². The Kier molecular flexibility index (Phi) is 4.29. The summed E-state index contributed by atoms with van der Waals surface area (Å²) >= 11 is 3.36. The van der Waals surface area contributed by atoms with Gasteiger partial charge in [-0.1, -0.05) is 28.1 Å². The van der Waals surface area contributed by atoms with E-state index in [0.29, 0.717) is 6.54 Å². The Morgan fingerprint density at radius 1 is 1.47 bits per heavy atom.